The number of hydrogen-bond acceptors (Lipinski definition) is 4. The molecular formula is C9H19NO3S. The molecule has 0 spiro atoms. The van der Waals surface area contributed by atoms with Gasteiger partial charge in [0, 0.05) is 35.4 Å². The van der Waals surface area contributed by atoms with Gasteiger partial charge < -0.3 is 10.1 Å². The van der Waals surface area contributed by atoms with Crippen LogP contribution in [0.1, 0.15) is 20.3 Å². The monoisotopic (exact) mass is 221 g/mol. The summed E-state index contributed by atoms with van der Waals surface area (Å²) in [5, 5.41) is 3.11. The maximum absolute atomic E-state index is 10.9. The van der Waals surface area contributed by atoms with E-state index in [1.165, 1.54) is 0 Å². The highest BCUT2D eigenvalue weighted by Gasteiger charge is 2.05. The first-order valence-electron chi connectivity index (χ1n) is 4.75. The molecule has 84 valence electrons. The van der Waals surface area contributed by atoms with Crippen LogP contribution in [0.25, 0.3) is 0 Å². The number of rotatable bonds is 7. The van der Waals surface area contributed by atoms with Gasteiger partial charge in [-0.25, -0.2) is 0 Å². The predicted molar refractivity (Wildman–Crippen MR) is 57.6 cm³/mol. The van der Waals surface area contributed by atoms with Gasteiger partial charge in [-0.3, -0.25) is 9.00 Å². The van der Waals surface area contributed by atoms with Crippen LogP contribution < -0.4 is 5.32 Å². The van der Waals surface area contributed by atoms with Crippen LogP contribution in [0.15, 0.2) is 0 Å². The Morgan fingerprint density at radius 3 is 2.71 bits per heavy atom. The van der Waals surface area contributed by atoms with Crippen LogP contribution in [0, 0.1) is 0 Å². The topological polar surface area (TPSA) is 55.4 Å². The molecule has 0 amide bonds. The van der Waals surface area contributed by atoms with Gasteiger partial charge in [-0.1, -0.05) is 0 Å². The lowest BCUT2D eigenvalue weighted by atomic mass is 10.3. The smallest absolute Gasteiger partial charge is 0.307 e. The molecule has 0 aromatic heterocycles. The first-order valence-corrected chi connectivity index (χ1v) is 6.48. The lowest BCUT2D eigenvalue weighted by molar-refractivity contribution is -0.142. The average molecular weight is 221 g/mol. The second kappa shape index (κ2) is 7.94. The highest BCUT2D eigenvalue weighted by molar-refractivity contribution is 7.84. The largest absolute Gasteiger partial charge is 0.466 e. The van der Waals surface area contributed by atoms with Gasteiger partial charge in [-0.15, -0.1) is 0 Å². The molecule has 2 atom stereocenters. The SMILES string of the molecule is CCOC(=O)CCNC(C)CS(C)=O. The van der Waals surface area contributed by atoms with Crippen molar-refractivity contribution < 1.29 is 13.7 Å². The van der Waals surface area contributed by atoms with Gasteiger partial charge in [0.15, 0.2) is 0 Å². The molecule has 4 nitrogen and oxygen atoms in total. The minimum atomic E-state index is -0.792. The standard InChI is InChI=1S/C9H19NO3S/c1-4-13-9(11)5-6-10-8(2)7-14(3)12/h8,10H,4-7H2,1-3H3. The van der Waals surface area contributed by atoms with Crippen molar-refractivity contribution in [2.24, 2.45) is 0 Å². The Kier molecular flexibility index (Phi) is 7.70. The van der Waals surface area contributed by atoms with Crippen molar-refractivity contribution in [2.75, 3.05) is 25.2 Å². The van der Waals surface area contributed by atoms with Crippen LogP contribution in [-0.4, -0.2) is 41.4 Å². The highest BCUT2D eigenvalue weighted by Crippen LogP contribution is 1.88. The van der Waals surface area contributed by atoms with Crippen LogP contribution in [-0.2, 0) is 20.3 Å². The second-order valence-electron chi connectivity index (χ2n) is 3.15. The van der Waals surface area contributed by atoms with Gasteiger partial charge in [0.1, 0.15) is 0 Å². The molecule has 1 N–H and O–H groups in total. The minimum absolute atomic E-state index is 0.176. The summed E-state index contributed by atoms with van der Waals surface area (Å²) < 4.78 is 15.6. The van der Waals surface area contributed by atoms with Gasteiger partial charge in [0.25, 0.3) is 0 Å². The Morgan fingerprint density at radius 1 is 1.57 bits per heavy atom. The van der Waals surface area contributed by atoms with Crippen LogP contribution in [0.4, 0.5) is 0 Å². The fraction of sp³-hybridized carbons (Fsp3) is 0.889. The predicted octanol–water partition coefficient (Wildman–Crippen LogP) is 0.296. The Balaban J connectivity index is 3.43. The maximum atomic E-state index is 10.9. The van der Waals surface area contributed by atoms with Gasteiger partial charge in [0.05, 0.1) is 13.0 Å². The van der Waals surface area contributed by atoms with Gasteiger partial charge >= 0.3 is 5.97 Å². The van der Waals surface area contributed by atoms with Crippen molar-refractivity contribution in [3.63, 3.8) is 0 Å². The summed E-state index contributed by atoms with van der Waals surface area (Å²) in [5.74, 6) is 0.424. The summed E-state index contributed by atoms with van der Waals surface area (Å²) in [4.78, 5) is 10.9. The normalized spacial score (nSPS) is 14.8. The molecule has 0 aromatic rings. The van der Waals surface area contributed by atoms with E-state index < -0.39 is 10.8 Å². The van der Waals surface area contributed by atoms with Gasteiger partial charge in [-0.2, -0.15) is 0 Å². The third-order valence-corrected chi connectivity index (χ3v) is 2.58. The summed E-state index contributed by atoms with van der Waals surface area (Å²) in [6, 6.07) is 0.176. The van der Waals surface area contributed by atoms with E-state index in [2.05, 4.69) is 5.32 Å². The molecule has 0 rings (SSSR count). The molecule has 0 saturated carbocycles. The number of ether oxygens (including phenoxy) is 1. The lowest BCUT2D eigenvalue weighted by Crippen LogP contribution is -2.32. The summed E-state index contributed by atoms with van der Waals surface area (Å²) in [6.07, 6.45) is 2.04. The Hall–Kier alpha value is -0.420. The summed E-state index contributed by atoms with van der Waals surface area (Å²) in [5.41, 5.74) is 0. The quantitative estimate of drug-likeness (QED) is 0.628. The molecular weight excluding hydrogens is 202 g/mol. The van der Waals surface area contributed by atoms with Crippen molar-refractivity contribution in [3.8, 4) is 0 Å². The molecule has 5 heteroatoms. The van der Waals surface area contributed by atoms with E-state index in [-0.39, 0.29) is 12.0 Å². The van der Waals surface area contributed by atoms with E-state index >= 15 is 0 Å². The first kappa shape index (κ1) is 13.6. The van der Waals surface area contributed by atoms with E-state index in [0.717, 1.165) is 0 Å². The molecule has 0 radical (unpaired) electrons. The van der Waals surface area contributed by atoms with E-state index in [0.29, 0.717) is 25.3 Å². The Bertz CT molecular complexity index is 196. The molecule has 0 saturated heterocycles. The molecule has 0 aliphatic heterocycles. The van der Waals surface area contributed by atoms with Crippen LogP contribution >= 0.6 is 0 Å². The number of nitrogens with one attached hydrogen (secondary N) is 1. The maximum Gasteiger partial charge on any atom is 0.307 e. The molecule has 0 heterocycles. The lowest BCUT2D eigenvalue weighted by Gasteiger charge is -2.11. The molecule has 2 unspecified atom stereocenters. The van der Waals surface area contributed by atoms with Crippen LogP contribution in [0.3, 0.4) is 0 Å². The molecule has 0 aromatic carbocycles. The minimum Gasteiger partial charge on any atom is -0.466 e. The molecule has 14 heavy (non-hydrogen) atoms. The Morgan fingerprint density at radius 2 is 2.21 bits per heavy atom. The third kappa shape index (κ3) is 8.19. The van der Waals surface area contributed by atoms with Crippen molar-refractivity contribution in [1.29, 1.82) is 0 Å². The molecule has 0 fully saturated rings. The first-order chi connectivity index (χ1) is 6.56. The highest BCUT2D eigenvalue weighted by atomic mass is 32.2. The van der Waals surface area contributed by atoms with Crippen LogP contribution in [0.2, 0.25) is 0 Å². The van der Waals surface area contributed by atoms with Crippen molar-refractivity contribution in [2.45, 2.75) is 26.3 Å². The molecule has 0 aliphatic carbocycles. The number of hydrogen-bond donors (Lipinski definition) is 1. The molecule has 0 aliphatic rings. The van der Waals surface area contributed by atoms with E-state index in [1.807, 2.05) is 6.92 Å². The number of esters is 1. The van der Waals surface area contributed by atoms with Crippen molar-refractivity contribution in [1.82, 2.24) is 5.32 Å². The van der Waals surface area contributed by atoms with Crippen molar-refractivity contribution in [3.05, 3.63) is 0 Å². The zero-order valence-corrected chi connectivity index (χ0v) is 9.86. The fourth-order valence-electron chi connectivity index (χ4n) is 1.06. The van der Waals surface area contributed by atoms with E-state index in [4.69, 9.17) is 4.74 Å². The zero-order valence-electron chi connectivity index (χ0n) is 9.04. The Labute approximate surface area is 87.9 Å². The summed E-state index contributed by atoms with van der Waals surface area (Å²) in [6.45, 7) is 4.74. The average Bonchev–Trinajstić information content (AvgIpc) is 2.02. The van der Waals surface area contributed by atoms with E-state index in [1.54, 1.807) is 13.2 Å². The second-order valence-corrected chi connectivity index (χ2v) is 4.63. The molecule has 0 bridgehead atoms. The number of carbonyl (C=O) groups excluding carboxylic acids is 1. The van der Waals surface area contributed by atoms with Crippen LogP contribution in [0.5, 0.6) is 0 Å². The van der Waals surface area contributed by atoms with Gasteiger partial charge in [0.2, 0.25) is 0 Å². The summed E-state index contributed by atoms with van der Waals surface area (Å²) in [7, 11) is -0.792. The third-order valence-electron chi connectivity index (χ3n) is 1.61. The van der Waals surface area contributed by atoms with Gasteiger partial charge in [-0.05, 0) is 13.8 Å². The summed E-state index contributed by atoms with van der Waals surface area (Å²) >= 11 is 0. The van der Waals surface area contributed by atoms with Crippen molar-refractivity contribution >= 4 is 16.8 Å². The number of carbonyl (C=O) groups is 1. The van der Waals surface area contributed by atoms with E-state index in [9.17, 15) is 9.00 Å². The zero-order chi connectivity index (χ0) is 11.0. The fourth-order valence-corrected chi connectivity index (χ4v) is 1.89.